The normalized spacial score (nSPS) is 12.6. The van der Waals surface area contributed by atoms with Crippen LogP contribution in [0.15, 0.2) is 71.7 Å². The lowest BCUT2D eigenvalue weighted by Crippen LogP contribution is -2.30. The summed E-state index contributed by atoms with van der Waals surface area (Å²) in [6, 6.07) is 15.3. The molecule has 0 spiro atoms. The summed E-state index contributed by atoms with van der Waals surface area (Å²) in [4.78, 5) is 35.6. The Morgan fingerprint density at radius 1 is 0.955 bits per heavy atom. The molecule has 1 aliphatic rings. The third kappa shape index (κ3) is 5.49. The fourth-order valence-corrected chi connectivity index (χ4v) is 5.09. The van der Waals surface area contributed by atoms with Crippen molar-refractivity contribution in [2.24, 2.45) is 0 Å². The lowest BCUT2D eigenvalue weighted by atomic mass is 10.1. The fraction of sp³-hybridized carbons (Fsp3) is 0.188. The van der Waals surface area contributed by atoms with Crippen LogP contribution in [0.1, 0.15) is 34.8 Å². The van der Waals surface area contributed by atoms with Crippen molar-refractivity contribution in [3.8, 4) is 34.6 Å². The molecular formula is C32H26ClFN4O6. The van der Waals surface area contributed by atoms with Gasteiger partial charge in [0.25, 0.3) is 17.3 Å². The molecule has 1 aliphatic carbocycles. The van der Waals surface area contributed by atoms with Gasteiger partial charge in [0, 0.05) is 41.8 Å². The van der Waals surface area contributed by atoms with Crippen molar-refractivity contribution >= 4 is 34.2 Å². The minimum absolute atomic E-state index is 0.114. The van der Waals surface area contributed by atoms with Crippen LogP contribution in [-0.4, -0.2) is 41.8 Å². The predicted molar refractivity (Wildman–Crippen MR) is 163 cm³/mol. The van der Waals surface area contributed by atoms with E-state index < -0.39 is 17.3 Å². The Labute approximate surface area is 255 Å². The number of ether oxygens (including phenoxy) is 4. The topological polar surface area (TPSA) is 114 Å². The molecule has 1 fully saturated rings. The third-order valence-corrected chi connectivity index (χ3v) is 7.48. The van der Waals surface area contributed by atoms with Gasteiger partial charge in [-0.3, -0.25) is 19.1 Å². The summed E-state index contributed by atoms with van der Waals surface area (Å²) in [5, 5.41) is 2.91. The van der Waals surface area contributed by atoms with Gasteiger partial charge in [-0.1, -0.05) is 11.6 Å². The number of hydrogen-bond donors (Lipinski definition) is 1. The van der Waals surface area contributed by atoms with Crippen molar-refractivity contribution in [2.45, 2.75) is 18.8 Å². The zero-order valence-electron chi connectivity index (χ0n) is 23.9. The molecule has 0 atom stereocenters. The van der Waals surface area contributed by atoms with Gasteiger partial charge in [-0.05, 0) is 55.2 Å². The number of halogens is 2. The van der Waals surface area contributed by atoms with Crippen molar-refractivity contribution in [1.82, 2.24) is 14.5 Å². The molecule has 12 heteroatoms. The molecule has 6 rings (SSSR count). The highest BCUT2D eigenvalue weighted by Crippen LogP contribution is 2.41. The van der Waals surface area contributed by atoms with E-state index in [0.717, 1.165) is 24.6 Å². The maximum absolute atomic E-state index is 15.2. The summed E-state index contributed by atoms with van der Waals surface area (Å²) >= 11 is 6.51. The number of nitrogens with one attached hydrogen (secondary N) is 1. The van der Waals surface area contributed by atoms with Gasteiger partial charge in [-0.25, -0.2) is 9.37 Å². The summed E-state index contributed by atoms with van der Waals surface area (Å²) in [6.07, 6.45) is 3.36. The predicted octanol–water partition coefficient (Wildman–Crippen LogP) is 6.52. The molecule has 0 radical (unpaired) electrons. The van der Waals surface area contributed by atoms with Gasteiger partial charge in [0.15, 0.2) is 23.1 Å². The quantitative estimate of drug-likeness (QED) is 0.199. The van der Waals surface area contributed by atoms with Gasteiger partial charge in [0.1, 0.15) is 16.8 Å². The Balaban J connectivity index is 1.27. The largest absolute Gasteiger partial charge is 0.497 e. The maximum Gasteiger partial charge on any atom is 0.268 e. The summed E-state index contributed by atoms with van der Waals surface area (Å²) in [6.45, 7) is 0. The number of pyridine rings is 3. The lowest BCUT2D eigenvalue weighted by molar-refractivity contribution is 0.102. The highest BCUT2D eigenvalue weighted by Gasteiger charge is 2.29. The Hall–Kier alpha value is -5.16. The minimum atomic E-state index is -0.750. The first-order chi connectivity index (χ1) is 21.3. The van der Waals surface area contributed by atoms with Crippen molar-refractivity contribution in [1.29, 1.82) is 0 Å². The molecule has 1 amide bonds. The molecule has 2 aromatic carbocycles. The molecule has 0 saturated heterocycles. The van der Waals surface area contributed by atoms with E-state index in [2.05, 4.69) is 15.3 Å². The summed E-state index contributed by atoms with van der Waals surface area (Å²) in [5.41, 5.74) is 1.47. The van der Waals surface area contributed by atoms with Crippen LogP contribution in [0.25, 0.3) is 16.7 Å². The van der Waals surface area contributed by atoms with Crippen molar-refractivity contribution in [3.63, 3.8) is 0 Å². The molecule has 44 heavy (non-hydrogen) atoms. The summed E-state index contributed by atoms with van der Waals surface area (Å²) < 4.78 is 38.3. The van der Waals surface area contributed by atoms with Crippen molar-refractivity contribution in [3.05, 3.63) is 99.3 Å². The number of benzene rings is 2. The molecule has 0 aliphatic heterocycles. The first kappa shape index (κ1) is 28.9. The number of anilines is 1. The average molecular weight is 617 g/mol. The van der Waals surface area contributed by atoms with Gasteiger partial charge >= 0.3 is 0 Å². The van der Waals surface area contributed by atoms with E-state index in [-0.39, 0.29) is 34.5 Å². The molecule has 3 heterocycles. The number of amides is 1. The minimum Gasteiger partial charge on any atom is -0.497 e. The smallest absolute Gasteiger partial charge is 0.268 e. The summed E-state index contributed by atoms with van der Waals surface area (Å²) in [5.74, 6) is 0.00478. The molecular weight excluding hydrogens is 591 g/mol. The molecule has 1 saturated carbocycles. The number of hydrogen-bond acceptors (Lipinski definition) is 8. The lowest BCUT2D eigenvalue weighted by Gasteiger charge is -2.16. The number of fused-ring (bicyclic) bond motifs is 1. The van der Waals surface area contributed by atoms with E-state index in [1.54, 1.807) is 36.4 Å². The standard InChI is InChI=1S/C32H26ClFN4O6/c1-41-19-7-9-25(21(33)15-19)38-24(17-4-5-17)10-8-20(32(38)40)30(39)36-18-6-11-26(22(34)14-18)44-27-12-13-35-23-16-28(42-2)31(43-3)37-29(23)27/h6-17H,4-5H2,1-3H3,(H,36,39). The second-order valence-electron chi connectivity index (χ2n) is 9.98. The van der Waals surface area contributed by atoms with Crippen LogP contribution in [0.4, 0.5) is 10.1 Å². The van der Waals surface area contributed by atoms with Crippen LogP contribution in [0.3, 0.4) is 0 Å². The van der Waals surface area contributed by atoms with Crippen LogP contribution in [-0.2, 0) is 0 Å². The van der Waals surface area contributed by atoms with Gasteiger partial charge in [0.05, 0.1) is 37.6 Å². The fourth-order valence-electron chi connectivity index (χ4n) is 4.83. The van der Waals surface area contributed by atoms with E-state index in [9.17, 15) is 9.59 Å². The molecule has 10 nitrogen and oxygen atoms in total. The highest BCUT2D eigenvalue weighted by atomic mass is 35.5. The first-order valence-electron chi connectivity index (χ1n) is 13.6. The number of nitrogens with zero attached hydrogens (tertiary/aromatic N) is 3. The van der Waals surface area contributed by atoms with E-state index in [4.69, 9.17) is 30.5 Å². The number of methoxy groups -OCH3 is 3. The Kier molecular flexibility index (Phi) is 7.79. The van der Waals surface area contributed by atoms with Crippen LogP contribution in [0, 0.1) is 5.82 Å². The molecule has 1 N–H and O–H groups in total. The van der Waals surface area contributed by atoms with Crippen molar-refractivity contribution in [2.75, 3.05) is 26.6 Å². The number of carbonyl (C=O) groups excluding carboxylic acids is 1. The van der Waals surface area contributed by atoms with E-state index in [1.807, 2.05) is 0 Å². The van der Waals surface area contributed by atoms with E-state index in [1.165, 1.54) is 50.3 Å². The second-order valence-corrected chi connectivity index (χ2v) is 10.4. The first-order valence-corrected chi connectivity index (χ1v) is 14.0. The van der Waals surface area contributed by atoms with Crippen LogP contribution < -0.4 is 29.8 Å². The van der Waals surface area contributed by atoms with Crippen molar-refractivity contribution < 1.29 is 28.1 Å². The zero-order valence-corrected chi connectivity index (χ0v) is 24.6. The van der Waals surface area contributed by atoms with Crippen LogP contribution in [0.2, 0.25) is 5.02 Å². The zero-order chi connectivity index (χ0) is 31.0. The number of carbonyl (C=O) groups is 1. The molecule has 0 bridgehead atoms. The Bertz CT molecular complexity index is 1980. The summed E-state index contributed by atoms with van der Waals surface area (Å²) in [7, 11) is 4.45. The Morgan fingerprint density at radius 3 is 2.45 bits per heavy atom. The second kappa shape index (κ2) is 11.8. The van der Waals surface area contributed by atoms with E-state index >= 15 is 4.39 Å². The van der Waals surface area contributed by atoms with Gasteiger partial charge < -0.3 is 24.3 Å². The van der Waals surface area contributed by atoms with E-state index in [0.29, 0.717) is 33.2 Å². The highest BCUT2D eigenvalue weighted by molar-refractivity contribution is 6.32. The van der Waals surface area contributed by atoms with Gasteiger partial charge in [0.2, 0.25) is 0 Å². The molecule has 3 aromatic heterocycles. The van der Waals surface area contributed by atoms with Crippen LogP contribution in [0.5, 0.6) is 28.9 Å². The van der Waals surface area contributed by atoms with Crippen LogP contribution >= 0.6 is 11.6 Å². The third-order valence-electron chi connectivity index (χ3n) is 7.18. The number of aromatic nitrogens is 3. The maximum atomic E-state index is 15.2. The molecule has 224 valence electrons. The SMILES string of the molecule is COc1ccc(-n2c(C3CC3)ccc(C(=O)Nc3ccc(Oc4ccnc5cc(OC)c(OC)nc45)c(F)c3)c2=O)c(Cl)c1. The Morgan fingerprint density at radius 2 is 1.77 bits per heavy atom. The molecule has 5 aromatic rings. The monoisotopic (exact) mass is 616 g/mol. The average Bonchev–Trinajstić information content (AvgIpc) is 3.87. The van der Waals surface area contributed by atoms with Gasteiger partial charge in [-0.15, -0.1) is 0 Å². The van der Waals surface area contributed by atoms with Gasteiger partial charge in [-0.2, -0.15) is 0 Å². The molecule has 0 unspecified atom stereocenters. The number of rotatable bonds is 9.